The van der Waals surface area contributed by atoms with Gasteiger partial charge in [0.05, 0.1) is 11.0 Å². The molecule has 0 fully saturated rings. The lowest BCUT2D eigenvalue weighted by atomic mass is 9.75. The third-order valence-electron chi connectivity index (χ3n) is 17.6. The summed E-state index contributed by atoms with van der Waals surface area (Å²) in [5, 5.41) is 7.51. The van der Waals surface area contributed by atoms with Crippen LogP contribution in [0.3, 0.4) is 0 Å². The van der Waals surface area contributed by atoms with Gasteiger partial charge in [0.2, 0.25) is 0 Å². The monoisotopic (exact) mass is 1020 g/mol. The van der Waals surface area contributed by atoms with Gasteiger partial charge >= 0.3 is 0 Å². The van der Waals surface area contributed by atoms with E-state index in [1.165, 1.54) is 131 Å². The summed E-state index contributed by atoms with van der Waals surface area (Å²) in [6.07, 6.45) is 9.41. The summed E-state index contributed by atoms with van der Waals surface area (Å²) in [4.78, 5) is 0. The van der Waals surface area contributed by atoms with Crippen LogP contribution in [0, 0.1) is 41.5 Å². The van der Waals surface area contributed by atoms with E-state index in [4.69, 9.17) is 4.42 Å². The first-order valence-electron chi connectivity index (χ1n) is 27.8. The van der Waals surface area contributed by atoms with Crippen LogP contribution in [0.5, 0.6) is 0 Å². The Morgan fingerprint density at radius 3 is 2.00 bits per heavy atom. The molecular formula is C75H59NOS. The number of hydrogen-bond donors (Lipinski definition) is 0. The van der Waals surface area contributed by atoms with Crippen LogP contribution in [-0.2, 0) is 6.42 Å². The Morgan fingerprint density at radius 2 is 1.19 bits per heavy atom. The predicted molar refractivity (Wildman–Crippen MR) is 332 cm³/mol. The molecule has 0 bridgehead atoms. The maximum absolute atomic E-state index is 6.36. The van der Waals surface area contributed by atoms with Crippen molar-refractivity contribution in [1.29, 1.82) is 0 Å². The summed E-state index contributed by atoms with van der Waals surface area (Å²) in [5.41, 5.74) is 28.2. The number of fused-ring (bicyclic) bond motifs is 12. The van der Waals surface area contributed by atoms with E-state index in [9.17, 15) is 0 Å². The molecular weight excluding hydrogens is 963 g/mol. The van der Waals surface area contributed by atoms with E-state index in [1.807, 2.05) is 17.4 Å². The summed E-state index contributed by atoms with van der Waals surface area (Å²) in [6.45, 7) is 13.5. The highest BCUT2D eigenvalue weighted by atomic mass is 32.1. The Morgan fingerprint density at radius 1 is 0.487 bits per heavy atom. The molecule has 3 atom stereocenters. The Balaban J connectivity index is 0.869. The highest BCUT2D eigenvalue weighted by Crippen LogP contribution is 2.57. The van der Waals surface area contributed by atoms with Crippen LogP contribution in [0.2, 0.25) is 0 Å². The van der Waals surface area contributed by atoms with Crippen molar-refractivity contribution in [3.63, 3.8) is 0 Å². The van der Waals surface area contributed by atoms with E-state index < -0.39 is 0 Å². The number of hydrogen-bond acceptors (Lipinski definition) is 2. The van der Waals surface area contributed by atoms with E-state index in [0.29, 0.717) is 5.92 Å². The molecule has 3 heterocycles. The molecule has 3 unspecified atom stereocenters. The smallest absolute Gasteiger partial charge is 0.135 e. The van der Waals surface area contributed by atoms with Crippen LogP contribution in [-0.4, -0.2) is 4.57 Å². The average Bonchev–Trinajstić information content (AvgIpc) is 4.29. The molecule has 0 N–H and O–H groups in total. The number of thiophene rings is 1. The van der Waals surface area contributed by atoms with Crippen molar-refractivity contribution in [3.8, 4) is 39.1 Å². The van der Waals surface area contributed by atoms with Gasteiger partial charge in [0.15, 0.2) is 0 Å². The second-order valence-corrected chi connectivity index (χ2v) is 23.7. The molecule has 376 valence electrons. The lowest BCUT2D eigenvalue weighted by molar-refractivity contribution is 0.646. The van der Waals surface area contributed by atoms with Crippen molar-refractivity contribution >= 4 is 75.3 Å². The Kier molecular flexibility index (Phi) is 10.8. The van der Waals surface area contributed by atoms with Crippen molar-refractivity contribution in [2.75, 3.05) is 0 Å². The quantitative estimate of drug-likeness (QED) is 0.148. The molecule has 0 saturated carbocycles. The van der Waals surface area contributed by atoms with Gasteiger partial charge in [-0.25, -0.2) is 0 Å². The largest absolute Gasteiger partial charge is 0.456 e. The fourth-order valence-electron chi connectivity index (χ4n) is 14.6. The zero-order valence-corrected chi connectivity index (χ0v) is 45.9. The summed E-state index contributed by atoms with van der Waals surface area (Å²) in [6, 6.07) is 71.6. The second kappa shape index (κ2) is 18.0. The first-order chi connectivity index (χ1) is 38.1. The molecule has 78 heavy (non-hydrogen) atoms. The van der Waals surface area contributed by atoms with Gasteiger partial charge in [-0.05, 0) is 193 Å². The molecule has 10 aromatic carbocycles. The number of aryl methyl sites for hydroxylation is 7. The highest BCUT2D eigenvalue weighted by Gasteiger charge is 2.41. The molecule has 3 aromatic heterocycles. The van der Waals surface area contributed by atoms with Crippen molar-refractivity contribution in [3.05, 3.63) is 267 Å². The van der Waals surface area contributed by atoms with Gasteiger partial charge in [-0.1, -0.05) is 162 Å². The van der Waals surface area contributed by atoms with Crippen LogP contribution < -0.4 is 0 Å². The fourth-order valence-corrected chi connectivity index (χ4v) is 15.6. The van der Waals surface area contributed by atoms with Gasteiger partial charge in [-0.2, -0.15) is 0 Å². The number of furan rings is 1. The first-order valence-corrected chi connectivity index (χ1v) is 28.6. The van der Waals surface area contributed by atoms with Crippen LogP contribution in [0.25, 0.3) is 103 Å². The van der Waals surface area contributed by atoms with Crippen molar-refractivity contribution in [1.82, 2.24) is 4.57 Å². The third kappa shape index (κ3) is 7.43. The zero-order valence-electron chi connectivity index (χ0n) is 45.0. The number of benzene rings is 10. The molecule has 13 aromatic rings. The van der Waals surface area contributed by atoms with Crippen LogP contribution in [0.4, 0.5) is 0 Å². The minimum absolute atomic E-state index is 0.161. The maximum Gasteiger partial charge on any atom is 0.135 e. The number of rotatable bonds is 8. The fraction of sp³-hybridized carbons (Fsp3) is 0.147. The van der Waals surface area contributed by atoms with E-state index in [-0.39, 0.29) is 11.8 Å². The van der Waals surface area contributed by atoms with E-state index >= 15 is 0 Å². The number of para-hydroxylation sites is 1. The van der Waals surface area contributed by atoms with Crippen LogP contribution >= 0.6 is 11.3 Å². The molecule has 2 aliphatic rings. The standard InChI is InChI=1S/C75H59NOS/c1-43-34-45(3)72(46(4)35-43)52-26-30-58-57(29-24-49-25-33-71-63(38-49)60-17-8-10-23-70(60)78-71)61-20-12-18-55(74(61)64(58)40-52)50-14-11-15-51(39-50)56-19-13-21-67-75(56)65-41-53(73-47(5)36-44(2)37-48(73)6)27-31-66(65)76(67)54-28-32-69-62(42-54)59-16-7-9-22-68(59)77-69/h7-23,25-28,30-42,55,57,74H,24,29H2,1-6H3. The molecule has 0 spiro atoms. The summed E-state index contributed by atoms with van der Waals surface area (Å²) in [7, 11) is 0. The van der Waals surface area contributed by atoms with Crippen molar-refractivity contribution in [2.24, 2.45) is 0 Å². The Hall–Kier alpha value is -8.50. The number of allylic oxidation sites excluding steroid dienone is 4. The summed E-state index contributed by atoms with van der Waals surface area (Å²) < 4.78 is 11.6. The number of aromatic nitrogens is 1. The molecule has 0 radical (unpaired) electrons. The summed E-state index contributed by atoms with van der Waals surface area (Å²) in [5.74, 6) is 0.697. The van der Waals surface area contributed by atoms with E-state index in [0.717, 1.165) is 40.5 Å². The maximum atomic E-state index is 6.36. The van der Waals surface area contributed by atoms with Crippen LogP contribution in [0.1, 0.15) is 79.8 Å². The van der Waals surface area contributed by atoms with Crippen molar-refractivity contribution < 1.29 is 4.42 Å². The number of nitrogens with zero attached hydrogens (tertiary/aromatic N) is 1. The van der Waals surface area contributed by atoms with E-state index in [1.54, 1.807) is 5.57 Å². The Labute approximate surface area is 460 Å². The second-order valence-electron chi connectivity index (χ2n) is 22.6. The average molecular weight is 1020 g/mol. The SMILES string of the molecule is Cc1cc(C)c(-c2ccc3c(c2)C2C(=CC=CC2c2cccc(-c4cccc5c4c4cc(-c6c(C)cc(C)cc6C)ccc4n5-c4ccc5oc6ccccc6c5c4)c2)C3CCc2ccc3sc4ccccc4c3c2)c(C)c1. The van der Waals surface area contributed by atoms with E-state index in [2.05, 4.69) is 246 Å². The van der Waals surface area contributed by atoms with Gasteiger partial charge < -0.3 is 8.98 Å². The highest BCUT2D eigenvalue weighted by molar-refractivity contribution is 7.25. The van der Waals surface area contributed by atoms with Gasteiger partial charge in [0, 0.05) is 65.2 Å². The minimum Gasteiger partial charge on any atom is -0.456 e. The summed E-state index contributed by atoms with van der Waals surface area (Å²) >= 11 is 1.90. The van der Waals surface area contributed by atoms with Gasteiger partial charge in [-0.3, -0.25) is 0 Å². The molecule has 0 aliphatic heterocycles. The first kappa shape index (κ1) is 46.8. The van der Waals surface area contributed by atoms with Crippen molar-refractivity contribution in [2.45, 2.75) is 72.1 Å². The molecule has 2 nitrogen and oxygen atoms in total. The topological polar surface area (TPSA) is 18.1 Å². The Bertz CT molecular complexity index is 4670. The molecule has 15 rings (SSSR count). The molecule has 0 saturated heterocycles. The normalized spacial score (nSPS) is 16.1. The van der Waals surface area contributed by atoms with Gasteiger partial charge in [0.25, 0.3) is 0 Å². The third-order valence-corrected chi connectivity index (χ3v) is 18.8. The molecule has 3 heteroatoms. The molecule has 2 aliphatic carbocycles. The van der Waals surface area contributed by atoms with Gasteiger partial charge in [-0.15, -0.1) is 11.3 Å². The minimum atomic E-state index is 0.161. The van der Waals surface area contributed by atoms with Crippen LogP contribution in [0.15, 0.2) is 216 Å². The zero-order chi connectivity index (χ0) is 52.5. The van der Waals surface area contributed by atoms with Gasteiger partial charge in [0.1, 0.15) is 11.2 Å². The predicted octanol–water partition coefficient (Wildman–Crippen LogP) is 21.0. The lowest BCUT2D eigenvalue weighted by Gasteiger charge is -2.28. The molecule has 0 amide bonds. The lowest BCUT2D eigenvalue weighted by Crippen LogP contribution is -2.13.